The van der Waals surface area contributed by atoms with Crippen molar-refractivity contribution >= 4 is 17.8 Å². The van der Waals surface area contributed by atoms with Crippen molar-refractivity contribution in [3.05, 3.63) is 24.0 Å². The summed E-state index contributed by atoms with van der Waals surface area (Å²) in [5, 5.41) is 8.61. The molecule has 0 aromatic carbocycles. The van der Waals surface area contributed by atoms with E-state index in [0.29, 0.717) is 32.0 Å². The number of imide groups is 1. The van der Waals surface area contributed by atoms with E-state index in [1.54, 1.807) is 19.1 Å². The smallest absolute Gasteiger partial charge is 0.416 e. The van der Waals surface area contributed by atoms with Crippen molar-refractivity contribution in [2.75, 3.05) is 39.6 Å². The second-order valence-corrected chi connectivity index (χ2v) is 7.50. The van der Waals surface area contributed by atoms with Crippen LogP contribution < -0.4 is 0 Å². The minimum atomic E-state index is -0.997. The van der Waals surface area contributed by atoms with E-state index in [1.807, 2.05) is 13.8 Å². The summed E-state index contributed by atoms with van der Waals surface area (Å²) in [6.07, 6.45) is 3.60. The summed E-state index contributed by atoms with van der Waals surface area (Å²) in [5.41, 5.74) is 0. The maximum Gasteiger partial charge on any atom is 0.416 e. The molecule has 0 spiro atoms. The molecule has 1 N–H and O–H groups in total. The molecule has 0 bridgehead atoms. The Balaban J connectivity index is 1.89. The van der Waals surface area contributed by atoms with Gasteiger partial charge in [-0.05, 0) is 37.5 Å². The summed E-state index contributed by atoms with van der Waals surface area (Å²) in [5.74, 6) is -1.12. The zero-order valence-corrected chi connectivity index (χ0v) is 17.7. The molecule has 0 unspecified atom stereocenters. The van der Waals surface area contributed by atoms with E-state index < -0.39 is 24.0 Å². The fraction of sp³-hybridized carbons (Fsp3) is 0.667. The average molecular weight is 425 g/mol. The Kier molecular flexibility index (Phi) is 9.48. The van der Waals surface area contributed by atoms with Crippen LogP contribution in [0, 0.1) is 11.8 Å². The maximum absolute atomic E-state index is 12.9. The Hall–Kier alpha value is -2.23. The van der Waals surface area contributed by atoms with Gasteiger partial charge in [0, 0.05) is 0 Å². The van der Waals surface area contributed by atoms with Gasteiger partial charge in [0.15, 0.2) is 11.9 Å². The molecule has 0 aliphatic carbocycles. The van der Waals surface area contributed by atoms with Crippen molar-refractivity contribution in [2.24, 2.45) is 11.8 Å². The number of hydrogen-bond donors (Lipinski definition) is 1. The highest BCUT2D eigenvalue weighted by Crippen LogP contribution is 2.26. The lowest BCUT2D eigenvalue weighted by Gasteiger charge is -2.30. The van der Waals surface area contributed by atoms with E-state index in [1.165, 1.54) is 6.08 Å². The number of ether oxygens (including phenoxy) is 4. The van der Waals surface area contributed by atoms with Crippen molar-refractivity contribution in [3.8, 4) is 0 Å². The van der Waals surface area contributed by atoms with Gasteiger partial charge in [-0.1, -0.05) is 13.8 Å². The molecule has 9 nitrogen and oxygen atoms in total. The lowest BCUT2D eigenvalue weighted by molar-refractivity contribution is -0.143. The summed E-state index contributed by atoms with van der Waals surface area (Å²) in [7, 11) is 0. The summed E-state index contributed by atoms with van der Waals surface area (Å²) >= 11 is 0. The number of carbonyl (C=O) groups is 3. The second kappa shape index (κ2) is 11.8. The number of rotatable bonds is 11. The SMILES string of the molecule is CC(C)[C@H]1COC(=O)N1C(=O)[C@@H](C)[C@@H]1OC(=CCCOCCOCCO)C=CC1=O. The van der Waals surface area contributed by atoms with Gasteiger partial charge in [0.05, 0.1) is 45.0 Å². The van der Waals surface area contributed by atoms with E-state index in [9.17, 15) is 14.4 Å². The highest BCUT2D eigenvalue weighted by atomic mass is 16.6. The Bertz CT molecular complexity index is 672. The second-order valence-electron chi connectivity index (χ2n) is 7.50. The molecule has 30 heavy (non-hydrogen) atoms. The zero-order chi connectivity index (χ0) is 22.1. The van der Waals surface area contributed by atoms with Crippen LogP contribution in [-0.4, -0.2) is 79.6 Å². The molecule has 0 radical (unpaired) electrons. The summed E-state index contributed by atoms with van der Waals surface area (Å²) in [4.78, 5) is 38.4. The Morgan fingerprint density at radius 2 is 1.90 bits per heavy atom. The average Bonchev–Trinajstić information content (AvgIpc) is 3.11. The first-order chi connectivity index (χ1) is 14.4. The van der Waals surface area contributed by atoms with Gasteiger partial charge in [0.25, 0.3) is 0 Å². The Labute approximate surface area is 176 Å². The van der Waals surface area contributed by atoms with Crippen molar-refractivity contribution in [1.29, 1.82) is 0 Å². The number of cyclic esters (lactones) is 1. The van der Waals surface area contributed by atoms with Gasteiger partial charge in [-0.15, -0.1) is 0 Å². The van der Waals surface area contributed by atoms with Crippen LogP contribution in [0.2, 0.25) is 0 Å². The number of aliphatic hydroxyl groups is 1. The highest BCUT2D eigenvalue weighted by Gasteiger charge is 2.44. The van der Waals surface area contributed by atoms with Crippen LogP contribution in [0.5, 0.6) is 0 Å². The topological polar surface area (TPSA) is 112 Å². The van der Waals surface area contributed by atoms with Crippen LogP contribution in [0.3, 0.4) is 0 Å². The molecule has 9 heteroatoms. The van der Waals surface area contributed by atoms with E-state index in [0.717, 1.165) is 4.90 Å². The maximum atomic E-state index is 12.9. The van der Waals surface area contributed by atoms with Crippen LogP contribution in [0.25, 0.3) is 0 Å². The van der Waals surface area contributed by atoms with E-state index in [4.69, 9.17) is 24.1 Å². The quantitative estimate of drug-likeness (QED) is 0.495. The first-order valence-corrected chi connectivity index (χ1v) is 10.2. The minimum Gasteiger partial charge on any atom is -0.482 e. The molecule has 1 saturated heterocycles. The predicted molar refractivity (Wildman–Crippen MR) is 106 cm³/mol. The number of allylic oxidation sites excluding steroid dienone is 1. The Morgan fingerprint density at radius 3 is 2.57 bits per heavy atom. The van der Waals surface area contributed by atoms with Gasteiger partial charge in [0.2, 0.25) is 5.91 Å². The molecule has 0 saturated carbocycles. The molecule has 0 aromatic heterocycles. The standard InChI is InChI=1S/C21H31NO8/c1-14(2)17-13-29-21(26)22(17)20(25)15(3)19-18(24)7-6-16(30-19)5-4-9-27-11-12-28-10-8-23/h5-7,14-15,17,19,23H,4,8-13H2,1-3H3/t15-,17+,19-/m0/s1. The first kappa shape index (κ1) is 24.0. The molecule has 2 heterocycles. The van der Waals surface area contributed by atoms with E-state index in [2.05, 4.69) is 0 Å². The summed E-state index contributed by atoms with van der Waals surface area (Å²) < 4.78 is 21.3. The van der Waals surface area contributed by atoms with Gasteiger partial charge in [-0.25, -0.2) is 9.69 Å². The predicted octanol–water partition coefficient (Wildman–Crippen LogP) is 1.45. The fourth-order valence-corrected chi connectivity index (χ4v) is 3.17. The lowest BCUT2D eigenvalue weighted by Crippen LogP contribution is -2.48. The molecule has 2 amide bonds. The van der Waals surface area contributed by atoms with Crippen LogP contribution in [0.4, 0.5) is 4.79 Å². The molecule has 168 valence electrons. The molecule has 1 fully saturated rings. The monoisotopic (exact) mass is 425 g/mol. The van der Waals surface area contributed by atoms with Gasteiger partial charge in [-0.2, -0.15) is 0 Å². The Morgan fingerprint density at radius 1 is 1.20 bits per heavy atom. The molecule has 2 aliphatic heterocycles. The highest BCUT2D eigenvalue weighted by molar-refractivity contribution is 6.01. The van der Waals surface area contributed by atoms with Crippen LogP contribution in [-0.2, 0) is 28.5 Å². The van der Waals surface area contributed by atoms with Crippen molar-refractivity contribution < 1.29 is 38.4 Å². The fourth-order valence-electron chi connectivity index (χ4n) is 3.17. The number of ketones is 1. The molecular weight excluding hydrogens is 394 g/mol. The van der Waals surface area contributed by atoms with Crippen molar-refractivity contribution in [2.45, 2.75) is 39.3 Å². The minimum absolute atomic E-state index is 0.0202. The van der Waals surface area contributed by atoms with Crippen LogP contribution >= 0.6 is 0 Å². The number of carbonyl (C=O) groups excluding carboxylic acids is 3. The molecule has 2 rings (SSSR count). The van der Waals surface area contributed by atoms with Gasteiger partial charge in [-0.3, -0.25) is 9.59 Å². The normalized spacial score (nSPS) is 23.8. The van der Waals surface area contributed by atoms with Crippen molar-refractivity contribution in [1.82, 2.24) is 4.90 Å². The summed E-state index contributed by atoms with van der Waals surface area (Å²) in [6, 6.07) is -0.352. The third kappa shape index (κ3) is 6.38. The van der Waals surface area contributed by atoms with Gasteiger partial charge >= 0.3 is 6.09 Å². The zero-order valence-electron chi connectivity index (χ0n) is 17.7. The molecule has 3 atom stereocenters. The number of amides is 2. The first-order valence-electron chi connectivity index (χ1n) is 10.2. The van der Waals surface area contributed by atoms with Crippen LogP contribution in [0.15, 0.2) is 24.0 Å². The summed E-state index contributed by atoms with van der Waals surface area (Å²) in [6.45, 7) is 7.07. The lowest BCUT2D eigenvalue weighted by atomic mass is 9.95. The number of hydrogen-bond acceptors (Lipinski definition) is 8. The number of aliphatic hydroxyl groups excluding tert-OH is 1. The third-order valence-electron chi connectivity index (χ3n) is 4.93. The molecule has 2 aliphatic rings. The largest absolute Gasteiger partial charge is 0.482 e. The van der Waals surface area contributed by atoms with Crippen molar-refractivity contribution in [3.63, 3.8) is 0 Å². The third-order valence-corrected chi connectivity index (χ3v) is 4.93. The van der Waals surface area contributed by atoms with E-state index in [-0.39, 0.29) is 37.6 Å². The van der Waals surface area contributed by atoms with Gasteiger partial charge < -0.3 is 24.1 Å². The molecule has 0 aromatic rings. The number of nitrogens with zero attached hydrogens (tertiary/aromatic N) is 1. The van der Waals surface area contributed by atoms with Crippen LogP contribution in [0.1, 0.15) is 27.2 Å². The molecular formula is C21H31NO8. The van der Waals surface area contributed by atoms with E-state index >= 15 is 0 Å². The van der Waals surface area contributed by atoms with Gasteiger partial charge in [0.1, 0.15) is 12.4 Å².